The minimum Gasteiger partial charge on any atom is -0.508 e. The Morgan fingerprint density at radius 2 is 1.04 bits per heavy atom. The van der Waals surface area contributed by atoms with Gasteiger partial charge in [-0.1, -0.05) is 101 Å². The van der Waals surface area contributed by atoms with Crippen molar-refractivity contribution in [1.29, 1.82) is 0 Å². The predicted molar refractivity (Wildman–Crippen MR) is 236 cm³/mol. The highest BCUT2D eigenvalue weighted by Crippen LogP contribution is 2.43. The molecule has 8 rings (SSSR count). The average Bonchev–Trinajstić information content (AvgIpc) is 3.79. The van der Waals surface area contributed by atoms with Crippen molar-refractivity contribution in [3.63, 3.8) is 0 Å². The highest BCUT2D eigenvalue weighted by Gasteiger charge is 2.24. The Morgan fingerprint density at radius 3 is 1.47 bits per heavy atom. The number of aryl methyl sites for hydroxylation is 2. The number of thiophene rings is 2. The van der Waals surface area contributed by atoms with Crippen LogP contribution < -0.4 is 0 Å². The summed E-state index contributed by atoms with van der Waals surface area (Å²) < 4.78 is 7.37. The second kappa shape index (κ2) is 16.9. The van der Waals surface area contributed by atoms with E-state index in [9.17, 15) is 24.6 Å². The van der Waals surface area contributed by atoms with Crippen LogP contribution >= 0.6 is 38.6 Å². The molecule has 0 aliphatic heterocycles. The first-order valence-electron chi connectivity index (χ1n) is 17.9. The number of aromatic hydroxyl groups is 2. The van der Waals surface area contributed by atoms with Gasteiger partial charge in [0.2, 0.25) is 11.6 Å². The lowest BCUT2D eigenvalue weighted by atomic mass is 9.96. The number of carbonyl (C=O) groups is 3. The molecule has 2 heterocycles. The standard InChI is InChI=1S/C26H20O4S.C22H15BrO2S/c1-16-5-3-4-6-20(16)25(29)26-24(21-13-12-19(27)15-22(21)31-26)18-10-7-17(8-11-18)9-14-23(28)30-2;1-13-4-2-3-5-17(13)21(25)22-20(14-6-8-15(23)9-7-14)18-11-10-16(24)12-19(18)26-22/h3-15,27H,1-2H3;2-12,24H,1H3/b14-9+;. The molecule has 282 valence electrons. The summed E-state index contributed by atoms with van der Waals surface area (Å²) in [7, 11) is 1.34. The molecule has 6 nitrogen and oxygen atoms in total. The molecule has 0 saturated heterocycles. The van der Waals surface area contributed by atoms with Crippen molar-refractivity contribution in [1.82, 2.24) is 0 Å². The number of ketones is 2. The lowest BCUT2D eigenvalue weighted by Crippen LogP contribution is -2.02. The number of phenolic OH excluding ortho intramolecular Hbond substituents is 2. The number of hydrogen-bond acceptors (Lipinski definition) is 8. The molecule has 2 N–H and O–H groups in total. The quantitative estimate of drug-likeness (QED) is 0.0897. The van der Waals surface area contributed by atoms with Gasteiger partial charge in [-0.25, -0.2) is 4.79 Å². The van der Waals surface area contributed by atoms with Gasteiger partial charge < -0.3 is 14.9 Å². The molecule has 0 saturated carbocycles. The Labute approximate surface area is 346 Å². The van der Waals surface area contributed by atoms with Crippen LogP contribution in [0.2, 0.25) is 0 Å². The Hall–Kier alpha value is -6.13. The summed E-state index contributed by atoms with van der Waals surface area (Å²) in [5.41, 5.74) is 7.74. The number of hydrogen-bond donors (Lipinski definition) is 2. The molecule has 0 fully saturated rings. The molecule has 2 aromatic heterocycles. The summed E-state index contributed by atoms with van der Waals surface area (Å²) in [6.45, 7) is 3.88. The average molecular weight is 852 g/mol. The van der Waals surface area contributed by atoms with Crippen molar-refractivity contribution >= 4 is 82.4 Å². The van der Waals surface area contributed by atoms with Gasteiger partial charge in [0.25, 0.3) is 0 Å². The summed E-state index contributed by atoms with van der Waals surface area (Å²) in [5, 5.41) is 21.7. The minimum absolute atomic E-state index is 0.0155. The number of benzene rings is 6. The first-order valence-corrected chi connectivity index (χ1v) is 20.3. The molecular formula is C48H35BrO6S2. The molecule has 0 unspecified atom stereocenters. The van der Waals surface area contributed by atoms with Crippen molar-refractivity contribution in [2.24, 2.45) is 0 Å². The number of phenols is 2. The Kier molecular flexibility index (Phi) is 11.6. The highest BCUT2D eigenvalue weighted by molar-refractivity contribution is 9.10. The molecule has 6 aromatic carbocycles. The number of halogens is 1. The van der Waals surface area contributed by atoms with E-state index >= 15 is 0 Å². The first kappa shape index (κ1) is 39.1. The van der Waals surface area contributed by atoms with Gasteiger partial charge in [-0.05, 0) is 96.3 Å². The first-order chi connectivity index (χ1) is 27.5. The Balaban J connectivity index is 0.000000177. The zero-order chi connectivity index (χ0) is 40.2. The van der Waals surface area contributed by atoms with E-state index in [0.717, 1.165) is 63.6 Å². The zero-order valence-corrected chi connectivity index (χ0v) is 34.3. The number of carbonyl (C=O) groups excluding carboxylic acids is 3. The third-order valence-electron chi connectivity index (χ3n) is 9.48. The summed E-state index contributed by atoms with van der Waals surface area (Å²) in [4.78, 5) is 39.5. The third-order valence-corrected chi connectivity index (χ3v) is 12.3. The number of ether oxygens (including phenoxy) is 1. The Bertz CT molecular complexity index is 2830. The molecule has 57 heavy (non-hydrogen) atoms. The van der Waals surface area contributed by atoms with Crippen LogP contribution in [0.3, 0.4) is 0 Å². The van der Waals surface area contributed by atoms with Gasteiger partial charge in [0, 0.05) is 53.0 Å². The second-order valence-electron chi connectivity index (χ2n) is 13.2. The fourth-order valence-electron chi connectivity index (χ4n) is 6.57. The van der Waals surface area contributed by atoms with Gasteiger partial charge in [-0.15, -0.1) is 22.7 Å². The van der Waals surface area contributed by atoms with Crippen LogP contribution in [0, 0.1) is 13.8 Å². The van der Waals surface area contributed by atoms with Crippen LogP contribution in [0.15, 0.2) is 144 Å². The van der Waals surface area contributed by atoms with E-state index < -0.39 is 5.97 Å². The maximum atomic E-state index is 13.5. The lowest BCUT2D eigenvalue weighted by molar-refractivity contribution is -0.134. The van der Waals surface area contributed by atoms with Crippen LogP contribution in [0.5, 0.6) is 11.5 Å². The molecule has 0 spiro atoms. The van der Waals surface area contributed by atoms with Gasteiger partial charge in [0.1, 0.15) is 11.5 Å². The maximum absolute atomic E-state index is 13.5. The van der Waals surface area contributed by atoms with E-state index in [4.69, 9.17) is 0 Å². The van der Waals surface area contributed by atoms with E-state index in [1.165, 1.54) is 35.9 Å². The van der Waals surface area contributed by atoms with E-state index in [1.54, 1.807) is 30.3 Å². The van der Waals surface area contributed by atoms with E-state index in [1.807, 2.05) is 123 Å². The van der Waals surface area contributed by atoms with Crippen LogP contribution in [0.1, 0.15) is 47.2 Å². The van der Waals surface area contributed by atoms with Crippen molar-refractivity contribution < 1.29 is 29.3 Å². The third kappa shape index (κ3) is 8.37. The molecule has 8 aromatic rings. The van der Waals surface area contributed by atoms with E-state index in [-0.39, 0.29) is 23.1 Å². The number of rotatable bonds is 8. The number of methoxy groups -OCH3 is 1. The van der Waals surface area contributed by atoms with Gasteiger partial charge >= 0.3 is 5.97 Å². The van der Waals surface area contributed by atoms with Crippen molar-refractivity contribution in [3.05, 3.63) is 182 Å². The number of esters is 1. The van der Waals surface area contributed by atoms with Crippen LogP contribution in [-0.2, 0) is 9.53 Å². The summed E-state index contributed by atoms with van der Waals surface area (Å²) >= 11 is 6.27. The predicted octanol–water partition coefficient (Wildman–Crippen LogP) is 12.6. The molecule has 9 heteroatoms. The summed E-state index contributed by atoms with van der Waals surface area (Å²) in [5.74, 6) is -0.0709. The fraction of sp³-hybridized carbons (Fsp3) is 0.0625. The van der Waals surface area contributed by atoms with Gasteiger partial charge in [0.15, 0.2) is 0 Å². The molecule has 0 aliphatic carbocycles. The SMILES string of the molecule is COC(=O)/C=C/c1ccc(-c2c(C(=O)c3ccccc3C)sc3cc(O)ccc23)cc1.Cc1ccccc1C(=O)c1sc2cc(O)ccc2c1-c1ccc(Br)cc1. The van der Waals surface area contributed by atoms with Crippen LogP contribution in [0.4, 0.5) is 0 Å². The zero-order valence-electron chi connectivity index (χ0n) is 31.1. The van der Waals surface area contributed by atoms with Gasteiger partial charge in [-0.2, -0.15) is 0 Å². The van der Waals surface area contributed by atoms with E-state index in [0.29, 0.717) is 20.9 Å². The number of fused-ring (bicyclic) bond motifs is 2. The van der Waals surface area contributed by atoms with Gasteiger partial charge in [0.05, 0.1) is 16.9 Å². The van der Waals surface area contributed by atoms with Crippen molar-refractivity contribution in [2.75, 3.05) is 7.11 Å². The topological polar surface area (TPSA) is 101 Å². The second-order valence-corrected chi connectivity index (χ2v) is 16.3. The molecule has 0 atom stereocenters. The fourth-order valence-corrected chi connectivity index (χ4v) is 9.26. The molecular weight excluding hydrogens is 817 g/mol. The molecule has 0 aliphatic rings. The molecule has 0 radical (unpaired) electrons. The van der Waals surface area contributed by atoms with Crippen molar-refractivity contribution in [2.45, 2.75) is 13.8 Å². The van der Waals surface area contributed by atoms with Crippen LogP contribution in [-0.4, -0.2) is 34.9 Å². The minimum atomic E-state index is -0.418. The highest BCUT2D eigenvalue weighted by atomic mass is 79.9. The van der Waals surface area contributed by atoms with Crippen LogP contribution in [0.25, 0.3) is 48.5 Å². The maximum Gasteiger partial charge on any atom is 0.330 e. The summed E-state index contributed by atoms with van der Waals surface area (Å²) in [6, 6.07) is 41.2. The lowest BCUT2D eigenvalue weighted by Gasteiger charge is -2.08. The largest absolute Gasteiger partial charge is 0.508 e. The molecule has 0 bridgehead atoms. The molecule has 0 amide bonds. The van der Waals surface area contributed by atoms with Crippen molar-refractivity contribution in [3.8, 4) is 33.8 Å². The van der Waals surface area contributed by atoms with E-state index in [2.05, 4.69) is 20.7 Å². The summed E-state index contributed by atoms with van der Waals surface area (Å²) in [6.07, 6.45) is 3.05. The smallest absolute Gasteiger partial charge is 0.330 e. The van der Waals surface area contributed by atoms with Gasteiger partial charge in [-0.3, -0.25) is 9.59 Å². The monoisotopic (exact) mass is 850 g/mol. The normalized spacial score (nSPS) is 11.1. The Morgan fingerprint density at radius 1 is 0.596 bits per heavy atom.